The summed E-state index contributed by atoms with van der Waals surface area (Å²) in [7, 11) is 1.41. The molecule has 0 aliphatic heterocycles. The molecule has 2 N–H and O–H groups in total. The highest BCUT2D eigenvalue weighted by atomic mass is 17.1. The molecule has 20 heavy (non-hydrogen) atoms. The Morgan fingerprint density at radius 1 is 1.45 bits per heavy atom. The molecule has 0 saturated heterocycles. The number of aromatic amines is 1. The van der Waals surface area contributed by atoms with E-state index in [4.69, 9.17) is 9.99 Å². The van der Waals surface area contributed by atoms with Crippen molar-refractivity contribution in [2.45, 2.75) is 26.2 Å². The first-order valence-corrected chi connectivity index (χ1v) is 6.68. The smallest absolute Gasteiger partial charge is 0.308 e. The molecule has 0 aliphatic rings. The number of benzene rings is 1. The summed E-state index contributed by atoms with van der Waals surface area (Å²) in [5, 5.41) is 9.68. The van der Waals surface area contributed by atoms with Gasteiger partial charge in [0.05, 0.1) is 13.0 Å². The van der Waals surface area contributed by atoms with Crippen LogP contribution in [0, 0.1) is 5.92 Å². The molecule has 1 aromatic heterocycles. The number of aromatic nitrogens is 1. The van der Waals surface area contributed by atoms with Gasteiger partial charge in [0, 0.05) is 17.1 Å². The van der Waals surface area contributed by atoms with Crippen LogP contribution in [-0.4, -0.2) is 23.3 Å². The topological polar surface area (TPSA) is 71.5 Å². The van der Waals surface area contributed by atoms with Gasteiger partial charge < -0.3 is 14.6 Å². The molecule has 108 valence electrons. The van der Waals surface area contributed by atoms with Crippen molar-refractivity contribution >= 4 is 16.9 Å². The van der Waals surface area contributed by atoms with Gasteiger partial charge in [-0.1, -0.05) is 13.3 Å². The van der Waals surface area contributed by atoms with E-state index in [0.717, 1.165) is 29.3 Å². The molecular formula is C15H19NO4. The molecule has 0 radical (unpaired) electrons. The molecule has 0 aliphatic carbocycles. The zero-order valence-electron chi connectivity index (χ0n) is 11.7. The Morgan fingerprint density at radius 3 is 2.90 bits per heavy atom. The summed E-state index contributed by atoms with van der Waals surface area (Å²) >= 11 is 0. The summed E-state index contributed by atoms with van der Waals surface area (Å²) in [4.78, 5) is 19.2. The van der Waals surface area contributed by atoms with Crippen molar-refractivity contribution in [3.05, 3.63) is 30.0 Å². The highest BCUT2D eigenvalue weighted by Gasteiger charge is 2.20. The first-order valence-electron chi connectivity index (χ1n) is 6.68. The van der Waals surface area contributed by atoms with Gasteiger partial charge in [-0.3, -0.25) is 4.79 Å². The van der Waals surface area contributed by atoms with Crippen molar-refractivity contribution in [2.24, 2.45) is 5.92 Å². The summed E-state index contributed by atoms with van der Waals surface area (Å²) < 4.78 is 4.86. The summed E-state index contributed by atoms with van der Waals surface area (Å²) in [6.45, 7) is 2.04. The zero-order valence-corrected chi connectivity index (χ0v) is 11.7. The maximum Gasteiger partial charge on any atom is 0.308 e. The van der Waals surface area contributed by atoms with Crippen molar-refractivity contribution in [2.75, 3.05) is 7.11 Å². The normalized spacial score (nSPS) is 12.3. The number of hydrogen-bond acceptors (Lipinski definition) is 4. The van der Waals surface area contributed by atoms with E-state index in [1.165, 1.54) is 7.11 Å². The van der Waals surface area contributed by atoms with Gasteiger partial charge >= 0.3 is 5.97 Å². The lowest BCUT2D eigenvalue weighted by Crippen LogP contribution is -2.18. The van der Waals surface area contributed by atoms with Crippen LogP contribution in [0.15, 0.2) is 24.4 Å². The van der Waals surface area contributed by atoms with Crippen LogP contribution in [0.4, 0.5) is 0 Å². The van der Waals surface area contributed by atoms with Crippen LogP contribution in [-0.2, 0) is 16.0 Å². The number of methoxy groups -OCH3 is 1. The summed E-state index contributed by atoms with van der Waals surface area (Å²) in [6.07, 6.45) is 4.20. The second kappa shape index (κ2) is 6.43. The summed E-state index contributed by atoms with van der Waals surface area (Å²) in [5.74, 6) is 0.0434. The molecule has 0 fully saturated rings. The lowest BCUT2D eigenvalue weighted by molar-refractivity contribution is -0.145. The molecule has 1 aromatic carbocycles. The van der Waals surface area contributed by atoms with Gasteiger partial charge in [-0.2, -0.15) is 0 Å². The first kappa shape index (κ1) is 14.4. The second-order valence-electron chi connectivity index (χ2n) is 4.83. The predicted octanol–water partition coefficient (Wildman–Crippen LogP) is 3.15. The number of carbonyl (C=O) groups excluding carboxylic acids is 1. The fourth-order valence-electron chi connectivity index (χ4n) is 2.47. The van der Waals surface area contributed by atoms with Gasteiger partial charge in [0.2, 0.25) is 0 Å². The van der Waals surface area contributed by atoms with E-state index in [0.29, 0.717) is 12.2 Å². The molecule has 0 spiro atoms. The van der Waals surface area contributed by atoms with Gasteiger partial charge in [-0.05, 0) is 36.6 Å². The van der Waals surface area contributed by atoms with Crippen molar-refractivity contribution in [3.63, 3.8) is 0 Å². The van der Waals surface area contributed by atoms with Crippen LogP contribution < -0.4 is 4.89 Å². The van der Waals surface area contributed by atoms with E-state index in [-0.39, 0.29) is 11.9 Å². The molecule has 2 aromatic rings. The van der Waals surface area contributed by atoms with Crippen LogP contribution >= 0.6 is 0 Å². The number of H-pyrrole nitrogens is 1. The van der Waals surface area contributed by atoms with Crippen molar-refractivity contribution < 1.29 is 19.7 Å². The van der Waals surface area contributed by atoms with Gasteiger partial charge in [0.15, 0.2) is 5.75 Å². The molecule has 1 unspecified atom stereocenters. The number of carbonyl (C=O) groups is 1. The standard InChI is InChI=1S/C15H19NO4/c1-3-4-10(15(17)19-2)7-11-9-16-14-6-5-12(20-18)8-13(11)14/h5-6,8-10,16,18H,3-4,7H2,1-2H3. The Kier molecular flexibility index (Phi) is 4.63. The van der Waals surface area contributed by atoms with E-state index in [1.54, 1.807) is 12.1 Å². The lowest BCUT2D eigenvalue weighted by atomic mass is 9.95. The Balaban J connectivity index is 2.29. The number of fused-ring (bicyclic) bond motifs is 1. The second-order valence-corrected chi connectivity index (χ2v) is 4.83. The average Bonchev–Trinajstić information content (AvgIpc) is 2.88. The number of hydrogen-bond donors (Lipinski definition) is 2. The van der Waals surface area contributed by atoms with E-state index in [2.05, 4.69) is 9.87 Å². The van der Waals surface area contributed by atoms with Gasteiger partial charge in [-0.15, -0.1) is 0 Å². The molecule has 1 atom stereocenters. The van der Waals surface area contributed by atoms with Crippen LogP contribution in [0.5, 0.6) is 5.75 Å². The maximum absolute atomic E-state index is 11.8. The highest BCUT2D eigenvalue weighted by Crippen LogP contribution is 2.26. The Labute approximate surface area is 117 Å². The van der Waals surface area contributed by atoms with Crippen molar-refractivity contribution in [1.82, 2.24) is 4.98 Å². The number of rotatable bonds is 6. The molecular weight excluding hydrogens is 258 g/mol. The maximum atomic E-state index is 11.8. The molecule has 0 bridgehead atoms. The Bertz CT molecular complexity index is 591. The van der Waals surface area contributed by atoms with Crippen LogP contribution in [0.1, 0.15) is 25.3 Å². The van der Waals surface area contributed by atoms with Gasteiger partial charge in [-0.25, -0.2) is 5.26 Å². The minimum atomic E-state index is -0.184. The minimum Gasteiger partial charge on any atom is -0.469 e. The average molecular weight is 277 g/mol. The highest BCUT2D eigenvalue weighted by molar-refractivity contribution is 5.85. The molecule has 1 heterocycles. The number of esters is 1. The molecule has 0 amide bonds. The third-order valence-electron chi connectivity index (χ3n) is 3.48. The van der Waals surface area contributed by atoms with E-state index >= 15 is 0 Å². The monoisotopic (exact) mass is 277 g/mol. The first-order chi connectivity index (χ1) is 9.69. The lowest BCUT2D eigenvalue weighted by Gasteiger charge is -2.13. The summed E-state index contributed by atoms with van der Waals surface area (Å²) in [6, 6.07) is 5.26. The zero-order chi connectivity index (χ0) is 14.5. The summed E-state index contributed by atoms with van der Waals surface area (Å²) in [5.41, 5.74) is 1.96. The molecule has 0 saturated carbocycles. The molecule has 5 heteroatoms. The quantitative estimate of drug-likeness (QED) is 0.483. The van der Waals surface area contributed by atoms with Crippen LogP contribution in [0.2, 0.25) is 0 Å². The largest absolute Gasteiger partial charge is 0.469 e. The fourth-order valence-corrected chi connectivity index (χ4v) is 2.47. The predicted molar refractivity (Wildman–Crippen MR) is 75.7 cm³/mol. The minimum absolute atomic E-state index is 0.150. The van der Waals surface area contributed by atoms with Crippen LogP contribution in [0.25, 0.3) is 10.9 Å². The van der Waals surface area contributed by atoms with E-state index < -0.39 is 0 Å². The molecule has 5 nitrogen and oxygen atoms in total. The Hall–Kier alpha value is -2.01. The fraction of sp³-hybridized carbons (Fsp3) is 0.400. The van der Waals surface area contributed by atoms with E-state index in [9.17, 15) is 4.79 Å². The number of ether oxygens (including phenoxy) is 1. The van der Waals surface area contributed by atoms with Crippen LogP contribution in [0.3, 0.4) is 0 Å². The van der Waals surface area contributed by atoms with Gasteiger partial charge in [0.25, 0.3) is 0 Å². The van der Waals surface area contributed by atoms with Crippen molar-refractivity contribution in [3.8, 4) is 5.75 Å². The number of nitrogens with one attached hydrogen (secondary N) is 1. The SMILES string of the molecule is CCCC(Cc1c[nH]c2ccc(OO)cc12)C(=O)OC. The molecule has 2 rings (SSSR count). The van der Waals surface area contributed by atoms with E-state index in [1.807, 2.05) is 19.2 Å². The third kappa shape index (κ3) is 2.93. The third-order valence-corrected chi connectivity index (χ3v) is 3.48. The van der Waals surface area contributed by atoms with Gasteiger partial charge in [0.1, 0.15) is 0 Å². The van der Waals surface area contributed by atoms with Crippen molar-refractivity contribution in [1.29, 1.82) is 0 Å². The Morgan fingerprint density at radius 2 is 2.25 bits per heavy atom.